The Labute approximate surface area is 175 Å². The number of aryl methyl sites for hydroxylation is 2. The minimum absolute atomic E-state index is 0. The Morgan fingerprint density at radius 1 is 1.25 bits per heavy atom. The molecule has 0 unspecified atom stereocenters. The van der Waals surface area contributed by atoms with Crippen LogP contribution in [0.15, 0.2) is 24.3 Å². The molecule has 9 heteroatoms. The molecule has 0 radical (unpaired) electrons. The van der Waals surface area contributed by atoms with Crippen LogP contribution in [0.4, 0.5) is 5.13 Å². The number of thiazole rings is 1. The molecule has 0 fully saturated rings. The summed E-state index contributed by atoms with van der Waals surface area (Å²) in [6.07, 6.45) is 0.856. The predicted molar refractivity (Wildman–Crippen MR) is 116 cm³/mol. The van der Waals surface area contributed by atoms with Gasteiger partial charge in [-0.1, -0.05) is 11.3 Å². The van der Waals surface area contributed by atoms with Gasteiger partial charge in [0.2, 0.25) is 0 Å². The van der Waals surface area contributed by atoms with Gasteiger partial charge in [0, 0.05) is 13.6 Å². The highest BCUT2D eigenvalue weighted by Gasteiger charge is 2.24. The Morgan fingerprint density at radius 2 is 2.00 bits per heavy atom. The largest absolute Gasteiger partial charge is 0.497 e. The van der Waals surface area contributed by atoms with Crippen molar-refractivity contribution in [3.05, 3.63) is 35.7 Å². The maximum absolute atomic E-state index is 13.2. The fourth-order valence-corrected chi connectivity index (χ4v) is 3.93. The number of carbonyl (C=O) groups is 1. The van der Waals surface area contributed by atoms with Crippen LogP contribution >= 0.6 is 23.7 Å². The lowest BCUT2D eigenvalue weighted by Crippen LogP contribution is -2.34. The Bertz CT molecular complexity index is 953. The number of aromatic nitrogens is 3. The van der Waals surface area contributed by atoms with E-state index in [2.05, 4.69) is 10.00 Å². The van der Waals surface area contributed by atoms with Crippen molar-refractivity contribution in [2.24, 2.45) is 7.05 Å². The van der Waals surface area contributed by atoms with Crippen molar-refractivity contribution < 1.29 is 9.53 Å². The minimum atomic E-state index is -0.0807. The van der Waals surface area contributed by atoms with Gasteiger partial charge in [-0.3, -0.25) is 14.4 Å². The normalized spacial score (nSPS) is 10.9. The molecular formula is C19H26ClN5O2S. The molecule has 2 aromatic heterocycles. The number of hydrogen-bond acceptors (Lipinski definition) is 6. The number of carbonyl (C=O) groups excluding carboxylic acids is 1. The Balaban J connectivity index is 0.00000280. The van der Waals surface area contributed by atoms with Crippen molar-refractivity contribution in [3.8, 4) is 5.75 Å². The molecule has 1 amide bonds. The van der Waals surface area contributed by atoms with Crippen LogP contribution in [0.2, 0.25) is 0 Å². The third-order valence-electron chi connectivity index (χ3n) is 4.27. The van der Waals surface area contributed by atoms with E-state index in [9.17, 15) is 4.79 Å². The summed E-state index contributed by atoms with van der Waals surface area (Å²) in [7, 11) is 7.49. The fraction of sp³-hybridized carbons (Fsp3) is 0.421. The highest BCUT2D eigenvalue weighted by atomic mass is 35.5. The summed E-state index contributed by atoms with van der Waals surface area (Å²) in [4.78, 5) is 21.8. The van der Waals surface area contributed by atoms with E-state index >= 15 is 0 Å². The quantitative estimate of drug-likeness (QED) is 0.583. The van der Waals surface area contributed by atoms with Crippen LogP contribution in [0.5, 0.6) is 5.75 Å². The van der Waals surface area contributed by atoms with Gasteiger partial charge in [0.15, 0.2) is 5.13 Å². The van der Waals surface area contributed by atoms with Gasteiger partial charge in [0.05, 0.1) is 23.0 Å². The van der Waals surface area contributed by atoms with E-state index in [0.29, 0.717) is 17.4 Å². The lowest BCUT2D eigenvalue weighted by atomic mass is 10.3. The van der Waals surface area contributed by atoms with Gasteiger partial charge in [-0.05, 0) is 58.3 Å². The maximum atomic E-state index is 13.2. The number of nitrogens with zero attached hydrogens (tertiary/aromatic N) is 5. The van der Waals surface area contributed by atoms with Gasteiger partial charge >= 0.3 is 0 Å². The molecule has 2 heterocycles. The number of hydrogen-bond donors (Lipinski definition) is 0. The second-order valence-electron chi connectivity index (χ2n) is 6.74. The molecule has 0 atom stereocenters. The Kier molecular flexibility index (Phi) is 7.40. The highest BCUT2D eigenvalue weighted by molar-refractivity contribution is 7.22. The molecule has 7 nitrogen and oxygen atoms in total. The smallest absolute Gasteiger partial charge is 0.278 e. The van der Waals surface area contributed by atoms with Gasteiger partial charge in [0.25, 0.3) is 5.91 Å². The molecule has 152 valence electrons. The number of halogens is 1. The Hall–Kier alpha value is -2.16. The molecule has 0 spiro atoms. The zero-order valence-electron chi connectivity index (χ0n) is 16.8. The summed E-state index contributed by atoms with van der Waals surface area (Å²) in [5.41, 5.74) is 2.25. The van der Waals surface area contributed by atoms with Gasteiger partial charge in [0.1, 0.15) is 11.4 Å². The summed E-state index contributed by atoms with van der Waals surface area (Å²) in [6, 6.07) is 7.57. The summed E-state index contributed by atoms with van der Waals surface area (Å²) in [6.45, 7) is 3.38. The molecule has 0 aliphatic heterocycles. The van der Waals surface area contributed by atoms with E-state index in [-0.39, 0.29) is 18.3 Å². The highest BCUT2D eigenvalue weighted by Crippen LogP contribution is 2.32. The van der Waals surface area contributed by atoms with Crippen molar-refractivity contribution in [1.29, 1.82) is 0 Å². The van der Waals surface area contributed by atoms with Crippen LogP contribution in [-0.2, 0) is 7.05 Å². The van der Waals surface area contributed by atoms with E-state index in [0.717, 1.165) is 34.6 Å². The number of amides is 1. The Morgan fingerprint density at radius 3 is 2.61 bits per heavy atom. The molecule has 0 aliphatic rings. The maximum Gasteiger partial charge on any atom is 0.278 e. The number of ether oxygens (including phenoxy) is 1. The summed E-state index contributed by atoms with van der Waals surface area (Å²) in [5.74, 6) is 0.702. The minimum Gasteiger partial charge on any atom is -0.497 e. The molecule has 3 aromatic rings. The topological polar surface area (TPSA) is 63.5 Å². The summed E-state index contributed by atoms with van der Waals surface area (Å²) >= 11 is 1.50. The molecule has 0 N–H and O–H groups in total. The van der Waals surface area contributed by atoms with Gasteiger partial charge in [-0.25, -0.2) is 4.98 Å². The number of methoxy groups -OCH3 is 1. The molecular weight excluding hydrogens is 398 g/mol. The first-order valence-electron chi connectivity index (χ1n) is 8.81. The van der Waals surface area contributed by atoms with Gasteiger partial charge < -0.3 is 9.64 Å². The molecule has 0 saturated heterocycles. The number of anilines is 1. The lowest BCUT2D eigenvalue weighted by Gasteiger charge is -2.20. The van der Waals surface area contributed by atoms with Gasteiger partial charge in [-0.2, -0.15) is 5.10 Å². The van der Waals surface area contributed by atoms with E-state index in [1.807, 2.05) is 45.3 Å². The van der Waals surface area contributed by atoms with E-state index in [4.69, 9.17) is 9.72 Å². The standard InChI is InChI=1S/C19H25N5O2S.ClH/c1-13-11-16(23(4)21-13)18(25)24(10-6-9-22(2)3)19-20-15-8-7-14(26-5)12-17(15)27-19;/h7-8,11-12H,6,9-10H2,1-5H3;1H. The first-order valence-corrected chi connectivity index (χ1v) is 9.62. The number of benzene rings is 1. The van der Waals surface area contributed by atoms with Crippen LogP contribution < -0.4 is 9.64 Å². The van der Waals surface area contributed by atoms with E-state index in [1.54, 1.807) is 23.7 Å². The second kappa shape index (κ2) is 9.36. The van der Waals surface area contributed by atoms with E-state index in [1.165, 1.54) is 11.3 Å². The lowest BCUT2D eigenvalue weighted by molar-refractivity contribution is 0.0977. The average molecular weight is 424 g/mol. The monoisotopic (exact) mass is 423 g/mol. The zero-order chi connectivity index (χ0) is 19.6. The average Bonchev–Trinajstić information content (AvgIpc) is 3.19. The third-order valence-corrected chi connectivity index (χ3v) is 5.31. The van der Waals surface area contributed by atoms with Gasteiger partial charge in [-0.15, -0.1) is 12.4 Å². The van der Waals surface area contributed by atoms with Crippen LogP contribution in [0, 0.1) is 6.92 Å². The van der Waals surface area contributed by atoms with Crippen molar-refractivity contribution in [1.82, 2.24) is 19.7 Å². The van der Waals surface area contributed by atoms with Crippen LogP contribution in [-0.4, -0.2) is 59.9 Å². The zero-order valence-corrected chi connectivity index (χ0v) is 18.4. The van der Waals surface area contributed by atoms with Crippen molar-refractivity contribution >= 4 is 45.0 Å². The van der Waals surface area contributed by atoms with Crippen molar-refractivity contribution in [3.63, 3.8) is 0 Å². The molecule has 0 aliphatic carbocycles. The second-order valence-corrected chi connectivity index (χ2v) is 7.75. The molecule has 28 heavy (non-hydrogen) atoms. The van der Waals surface area contributed by atoms with Crippen molar-refractivity contribution in [2.75, 3.05) is 39.2 Å². The SMILES string of the molecule is COc1ccc2nc(N(CCCN(C)C)C(=O)c3cc(C)nn3C)sc2c1.Cl. The summed E-state index contributed by atoms with van der Waals surface area (Å²) < 4.78 is 7.93. The van der Waals surface area contributed by atoms with Crippen molar-refractivity contribution in [2.45, 2.75) is 13.3 Å². The number of fused-ring (bicyclic) bond motifs is 1. The molecule has 0 saturated carbocycles. The summed E-state index contributed by atoms with van der Waals surface area (Å²) in [5, 5.41) is 5.00. The molecule has 1 aromatic carbocycles. The molecule has 0 bridgehead atoms. The number of rotatable bonds is 7. The fourth-order valence-electron chi connectivity index (χ4n) is 2.91. The van der Waals surface area contributed by atoms with E-state index < -0.39 is 0 Å². The third kappa shape index (κ3) is 4.81. The predicted octanol–water partition coefficient (Wildman–Crippen LogP) is 3.37. The van der Waals surface area contributed by atoms with Crippen LogP contribution in [0.3, 0.4) is 0 Å². The van der Waals surface area contributed by atoms with Crippen LogP contribution in [0.25, 0.3) is 10.2 Å². The van der Waals surface area contributed by atoms with Crippen LogP contribution in [0.1, 0.15) is 22.6 Å². The first-order chi connectivity index (χ1) is 12.9. The molecule has 3 rings (SSSR count). The first kappa shape index (κ1) is 22.1.